The summed E-state index contributed by atoms with van der Waals surface area (Å²) < 4.78 is 29.1. The standard InChI is InChI=1S/C35H36ClN3O4S/c36-29-16-12-15-28(23-29)25-38(33(24-27-13-4-1-5-14-27)35(41)37-30-17-10-11-18-30)34(40)26-39(31-19-6-2-7-20-31)44(42,43)32-21-8-3-9-22-32/h1-9,12-16,19-23,30,33H,10-11,17-18,24-26H2,(H,37,41). The fourth-order valence-electron chi connectivity index (χ4n) is 5.60. The number of nitrogens with one attached hydrogen (secondary N) is 1. The second-order valence-electron chi connectivity index (χ2n) is 11.0. The molecule has 1 aliphatic rings. The third-order valence-electron chi connectivity index (χ3n) is 7.87. The van der Waals surface area contributed by atoms with Crippen molar-refractivity contribution < 1.29 is 18.0 Å². The number of para-hydroxylation sites is 1. The van der Waals surface area contributed by atoms with Gasteiger partial charge in [0.15, 0.2) is 0 Å². The fraction of sp³-hybridized carbons (Fsp3) is 0.257. The third kappa shape index (κ3) is 7.87. The fourth-order valence-corrected chi connectivity index (χ4v) is 7.24. The van der Waals surface area contributed by atoms with Crippen LogP contribution in [0.2, 0.25) is 5.02 Å². The van der Waals surface area contributed by atoms with Gasteiger partial charge in [0.2, 0.25) is 11.8 Å². The van der Waals surface area contributed by atoms with Crippen LogP contribution in [0.5, 0.6) is 0 Å². The van der Waals surface area contributed by atoms with Crippen LogP contribution in [0.25, 0.3) is 0 Å². The zero-order chi connectivity index (χ0) is 30.9. The van der Waals surface area contributed by atoms with E-state index in [9.17, 15) is 18.0 Å². The first-order valence-corrected chi connectivity index (χ1v) is 16.6. The van der Waals surface area contributed by atoms with Crippen LogP contribution in [-0.4, -0.2) is 43.8 Å². The average Bonchev–Trinajstić information content (AvgIpc) is 3.56. The molecule has 1 unspecified atom stereocenters. The van der Waals surface area contributed by atoms with Crippen LogP contribution in [0.15, 0.2) is 120 Å². The summed E-state index contributed by atoms with van der Waals surface area (Å²) in [7, 11) is -4.12. The molecular weight excluding hydrogens is 594 g/mol. The van der Waals surface area contributed by atoms with Gasteiger partial charge in [0.25, 0.3) is 10.0 Å². The highest BCUT2D eigenvalue weighted by molar-refractivity contribution is 7.92. The van der Waals surface area contributed by atoms with E-state index in [1.54, 1.807) is 66.7 Å². The zero-order valence-corrected chi connectivity index (χ0v) is 26.0. The maximum absolute atomic E-state index is 14.5. The van der Waals surface area contributed by atoms with Crippen molar-refractivity contribution in [1.82, 2.24) is 10.2 Å². The summed E-state index contributed by atoms with van der Waals surface area (Å²) in [5, 5.41) is 3.68. The SMILES string of the molecule is O=C(NC1CCCC1)C(Cc1ccccc1)N(Cc1cccc(Cl)c1)C(=O)CN(c1ccccc1)S(=O)(=O)c1ccccc1. The lowest BCUT2D eigenvalue weighted by atomic mass is 10.0. The first-order chi connectivity index (χ1) is 21.3. The van der Waals surface area contributed by atoms with Gasteiger partial charge in [-0.2, -0.15) is 0 Å². The maximum atomic E-state index is 14.5. The number of halogens is 1. The number of benzene rings is 4. The molecular formula is C35H36ClN3O4S. The molecule has 4 aromatic carbocycles. The van der Waals surface area contributed by atoms with Gasteiger partial charge < -0.3 is 10.2 Å². The van der Waals surface area contributed by atoms with Crippen LogP contribution >= 0.6 is 11.6 Å². The van der Waals surface area contributed by atoms with Gasteiger partial charge in [0.05, 0.1) is 10.6 Å². The van der Waals surface area contributed by atoms with Gasteiger partial charge in [-0.25, -0.2) is 8.42 Å². The van der Waals surface area contributed by atoms with Crippen molar-refractivity contribution in [3.8, 4) is 0 Å². The molecule has 0 aromatic heterocycles. The van der Waals surface area contributed by atoms with Crippen molar-refractivity contribution in [1.29, 1.82) is 0 Å². The summed E-state index contributed by atoms with van der Waals surface area (Å²) in [5.41, 5.74) is 1.97. The Morgan fingerprint density at radius 3 is 2.02 bits per heavy atom. The summed E-state index contributed by atoms with van der Waals surface area (Å²) in [6.07, 6.45) is 4.14. The zero-order valence-electron chi connectivity index (χ0n) is 24.4. The van der Waals surface area contributed by atoms with Gasteiger partial charge in [0.1, 0.15) is 12.6 Å². The highest BCUT2D eigenvalue weighted by atomic mass is 35.5. The van der Waals surface area contributed by atoms with Crippen LogP contribution in [0.1, 0.15) is 36.8 Å². The molecule has 1 atom stereocenters. The molecule has 0 saturated heterocycles. The minimum absolute atomic E-state index is 0.0446. The van der Waals surface area contributed by atoms with E-state index < -0.39 is 28.5 Å². The number of hydrogen-bond donors (Lipinski definition) is 1. The Labute approximate surface area is 264 Å². The van der Waals surface area contributed by atoms with Crippen LogP contribution in [-0.2, 0) is 32.6 Å². The highest BCUT2D eigenvalue weighted by Crippen LogP contribution is 2.26. The van der Waals surface area contributed by atoms with Gasteiger partial charge >= 0.3 is 0 Å². The molecule has 2 amide bonds. The lowest BCUT2D eigenvalue weighted by Gasteiger charge is -2.34. The molecule has 44 heavy (non-hydrogen) atoms. The molecule has 1 N–H and O–H groups in total. The van der Waals surface area contributed by atoms with E-state index in [1.807, 2.05) is 36.4 Å². The summed E-state index contributed by atoms with van der Waals surface area (Å²) in [5.74, 6) is -0.760. The molecule has 0 aliphatic heterocycles. The van der Waals surface area contributed by atoms with E-state index in [4.69, 9.17) is 11.6 Å². The third-order valence-corrected chi connectivity index (χ3v) is 9.89. The second kappa shape index (κ2) is 14.6. The Hall–Kier alpha value is -4.14. The lowest BCUT2D eigenvalue weighted by molar-refractivity contribution is -0.140. The summed E-state index contributed by atoms with van der Waals surface area (Å²) >= 11 is 6.31. The Bertz CT molecular complexity index is 1650. The molecule has 4 aromatic rings. The van der Waals surface area contributed by atoms with Crippen LogP contribution in [0, 0.1) is 0 Å². The smallest absolute Gasteiger partial charge is 0.264 e. The van der Waals surface area contributed by atoms with Crippen molar-refractivity contribution in [2.24, 2.45) is 0 Å². The molecule has 1 saturated carbocycles. The first kappa shape index (κ1) is 31.3. The van der Waals surface area contributed by atoms with Gasteiger partial charge in [0, 0.05) is 24.0 Å². The molecule has 0 heterocycles. The molecule has 9 heteroatoms. The highest BCUT2D eigenvalue weighted by Gasteiger charge is 2.35. The van der Waals surface area contributed by atoms with E-state index >= 15 is 0 Å². The quantitative estimate of drug-likeness (QED) is 0.201. The van der Waals surface area contributed by atoms with Crippen molar-refractivity contribution >= 4 is 39.1 Å². The van der Waals surface area contributed by atoms with Gasteiger partial charge in [-0.05, 0) is 60.4 Å². The predicted octanol–water partition coefficient (Wildman–Crippen LogP) is 6.23. The average molecular weight is 630 g/mol. The van der Waals surface area contributed by atoms with Gasteiger partial charge in [-0.15, -0.1) is 0 Å². The molecule has 5 rings (SSSR count). The minimum Gasteiger partial charge on any atom is -0.352 e. The predicted molar refractivity (Wildman–Crippen MR) is 174 cm³/mol. The molecule has 1 aliphatic carbocycles. The molecule has 228 valence electrons. The van der Waals surface area contributed by atoms with E-state index in [2.05, 4.69) is 5.32 Å². The lowest BCUT2D eigenvalue weighted by Crippen LogP contribution is -2.54. The normalized spacial score (nSPS) is 14.1. The molecule has 0 radical (unpaired) electrons. The van der Waals surface area contributed by atoms with Crippen molar-refractivity contribution in [3.05, 3.63) is 131 Å². The Morgan fingerprint density at radius 2 is 1.39 bits per heavy atom. The number of carbonyl (C=O) groups excluding carboxylic acids is 2. The van der Waals surface area contributed by atoms with E-state index in [1.165, 1.54) is 17.0 Å². The largest absolute Gasteiger partial charge is 0.352 e. The number of sulfonamides is 1. The number of hydrogen-bond acceptors (Lipinski definition) is 4. The second-order valence-corrected chi connectivity index (χ2v) is 13.3. The monoisotopic (exact) mass is 629 g/mol. The number of rotatable bonds is 12. The Kier molecular flexibility index (Phi) is 10.4. The van der Waals surface area contributed by atoms with Gasteiger partial charge in [-0.1, -0.05) is 103 Å². The Morgan fingerprint density at radius 1 is 0.795 bits per heavy atom. The number of carbonyl (C=O) groups is 2. The summed E-state index contributed by atoms with van der Waals surface area (Å²) in [6.45, 7) is -0.424. The van der Waals surface area contributed by atoms with Crippen molar-refractivity contribution in [3.63, 3.8) is 0 Å². The van der Waals surface area contributed by atoms with E-state index in [0.717, 1.165) is 41.1 Å². The summed E-state index contributed by atoms with van der Waals surface area (Å²) in [4.78, 5) is 30.1. The molecule has 1 fully saturated rings. The van der Waals surface area contributed by atoms with E-state index in [-0.39, 0.29) is 29.8 Å². The summed E-state index contributed by atoms with van der Waals surface area (Å²) in [6, 6.07) is 32.4. The Balaban J connectivity index is 1.55. The maximum Gasteiger partial charge on any atom is 0.264 e. The molecule has 7 nitrogen and oxygen atoms in total. The topological polar surface area (TPSA) is 86.8 Å². The van der Waals surface area contributed by atoms with Crippen LogP contribution in [0.4, 0.5) is 5.69 Å². The van der Waals surface area contributed by atoms with Crippen molar-refractivity contribution in [2.75, 3.05) is 10.8 Å². The van der Waals surface area contributed by atoms with E-state index in [0.29, 0.717) is 10.7 Å². The number of amides is 2. The van der Waals surface area contributed by atoms with Crippen LogP contribution < -0.4 is 9.62 Å². The minimum atomic E-state index is -4.12. The number of nitrogens with zero attached hydrogens (tertiary/aromatic N) is 2. The van der Waals surface area contributed by atoms with Crippen molar-refractivity contribution in [2.45, 2.75) is 55.6 Å². The molecule has 0 bridgehead atoms. The van der Waals surface area contributed by atoms with Gasteiger partial charge in [-0.3, -0.25) is 13.9 Å². The first-order valence-electron chi connectivity index (χ1n) is 14.8. The number of anilines is 1. The van der Waals surface area contributed by atoms with Crippen LogP contribution in [0.3, 0.4) is 0 Å². The molecule has 0 spiro atoms.